The van der Waals surface area contributed by atoms with Crippen molar-refractivity contribution in [2.45, 2.75) is 99.1 Å². The average molecular weight is 636 g/mol. The van der Waals surface area contributed by atoms with Gasteiger partial charge in [0, 0.05) is 55.2 Å². The van der Waals surface area contributed by atoms with Crippen LogP contribution >= 0.6 is 0 Å². The molecule has 1 aromatic heterocycles. The van der Waals surface area contributed by atoms with E-state index in [1.807, 2.05) is 40.7 Å². The number of fused-ring (bicyclic) bond motifs is 1. The van der Waals surface area contributed by atoms with Crippen LogP contribution in [0.5, 0.6) is 5.75 Å². The van der Waals surface area contributed by atoms with Crippen LogP contribution in [0.1, 0.15) is 87.2 Å². The van der Waals surface area contributed by atoms with Gasteiger partial charge in [-0.05, 0) is 93.7 Å². The standard InChI is InChI=1S/C37H47F2N3O4/c1-23-30(27-11-12-28-22-41(16-13-26(28)20-27)21-25-9-8-10-29(19-25)45-35(38)39)32(42-17-14-37(6,7)15-18-42)31(24(2)40-23)33(34(43)44)46-36(3,4)5/h8-12,19-20,33,35H,13-18,21-22H2,1-7H3,(H,43,44). The molecule has 1 unspecified atom stereocenters. The minimum Gasteiger partial charge on any atom is -0.479 e. The van der Waals surface area contributed by atoms with Gasteiger partial charge in [-0.25, -0.2) is 4.79 Å². The Bertz CT molecular complexity index is 1570. The van der Waals surface area contributed by atoms with Crippen LogP contribution in [-0.4, -0.2) is 52.8 Å². The Kier molecular flexibility index (Phi) is 9.76. The molecule has 0 radical (unpaired) electrons. The number of nitrogens with zero attached hydrogens (tertiary/aromatic N) is 3. The summed E-state index contributed by atoms with van der Waals surface area (Å²) in [7, 11) is 0. The van der Waals surface area contributed by atoms with Gasteiger partial charge >= 0.3 is 12.6 Å². The Balaban J connectivity index is 1.52. The average Bonchev–Trinajstić information content (AvgIpc) is 2.95. The van der Waals surface area contributed by atoms with Crippen molar-refractivity contribution in [2.24, 2.45) is 5.41 Å². The van der Waals surface area contributed by atoms with Crippen LogP contribution in [0.4, 0.5) is 14.5 Å². The molecule has 5 rings (SSSR count). The lowest BCUT2D eigenvalue weighted by Gasteiger charge is -2.41. The smallest absolute Gasteiger partial charge is 0.387 e. The largest absolute Gasteiger partial charge is 0.479 e. The summed E-state index contributed by atoms with van der Waals surface area (Å²) in [6, 6.07) is 13.4. The van der Waals surface area contributed by atoms with Crippen molar-refractivity contribution < 1.29 is 28.2 Å². The number of benzene rings is 2. The maximum atomic E-state index is 12.8. The normalized spacial score (nSPS) is 17.6. The number of halogens is 2. The minimum absolute atomic E-state index is 0.169. The molecule has 46 heavy (non-hydrogen) atoms. The third-order valence-electron chi connectivity index (χ3n) is 9.09. The number of aliphatic carboxylic acids is 1. The molecule has 1 fully saturated rings. The molecule has 3 heterocycles. The van der Waals surface area contributed by atoms with Crippen molar-refractivity contribution >= 4 is 11.7 Å². The van der Waals surface area contributed by atoms with E-state index in [4.69, 9.17) is 9.72 Å². The second-order valence-corrected chi connectivity index (χ2v) is 14.5. The number of alkyl halides is 2. The molecule has 248 valence electrons. The van der Waals surface area contributed by atoms with Crippen molar-refractivity contribution in [1.82, 2.24) is 9.88 Å². The predicted molar refractivity (Wildman–Crippen MR) is 176 cm³/mol. The lowest BCUT2D eigenvalue weighted by atomic mass is 9.81. The first-order chi connectivity index (χ1) is 21.6. The summed E-state index contributed by atoms with van der Waals surface area (Å²) in [4.78, 5) is 22.4. The van der Waals surface area contributed by atoms with Gasteiger partial charge < -0.3 is 19.5 Å². The van der Waals surface area contributed by atoms with E-state index in [2.05, 4.69) is 46.6 Å². The van der Waals surface area contributed by atoms with Gasteiger partial charge in [0.15, 0.2) is 6.10 Å². The van der Waals surface area contributed by atoms with E-state index in [-0.39, 0.29) is 11.2 Å². The van der Waals surface area contributed by atoms with Crippen LogP contribution in [0.3, 0.4) is 0 Å². The number of hydrogen-bond donors (Lipinski definition) is 1. The highest BCUT2D eigenvalue weighted by Crippen LogP contribution is 2.45. The number of carboxylic acids is 1. The highest BCUT2D eigenvalue weighted by atomic mass is 19.3. The predicted octanol–water partition coefficient (Wildman–Crippen LogP) is 8.09. The Morgan fingerprint density at radius 3 is 2.39 bits per heavy atom. The van der Waals surface area contributed by atoms with Crippen molar-refractivity contribution in [2.75, 3.05) is 24.5 Å². The van der Waals surface area contributed by atoms with Crippen molar-refractivity contribution in [3.05, 3.63) is 76.1 Å². The number of anilines is 1. The summed E-state index contributed by atoms with van der Waals surface area (Å²) < 4.78 is 36.3. The molecule has 7 nitrogen and oxygen atoms in total. The summed E-state index contributed by atoms with van der Waals surface area (Å²) in [5.74, 6) is -0.854. The molecule has 2 aromatic carbocycles. The molecule has 0 bridgehead atoms. The first-order valence-corrected chi connectivity index (χ1v) is 16.2. The first kappa shape index (κ1) is 33.8. The Morgan fingerprint density at radius 1 is 1.02 bits per heavy atom. The van der Waals surface area contributed by atoms with E-state index in [1.165, 1.54) is 11.1 Å². The lowest BCUT2D eigenvalue weighted by molar-refractivity contribution is -0.160. The van der Waals surface area contributed by atoms with Crippen LogP contribution in [0.2, 0.25) is 0 Å². The van der Waals surface area contributed by atoms with Crippen molar-refractivity contribution in [1.29, 1.82) is 0 Å². The second kappa shape index (κ2) is 13.3. The minimum atomic E-state index is -2.85. The van der Waals surface area contributed by atoms with Gasteiger partial charge in [0.1, 0.15) is 5.75 Å². The van der Waals surface area contributed by atoms with Crippen LogP contribution < -0.4 is 9.64 Å². The third kappa shape index (κ3) is 7.86. The number of pyridine rings is 1. The number of carbonyl (C=O) groups is 1. The monoisotopic (exact) mass is 635 g/mol. The van der Waals surface area contributed by atoms with Gasteiger partial charge in [0.2, 0.25) is 0 Å². The number of ether oxygens (including phenoxy) is 2. The van der Waals surface area contributed by atoms with Gasteiger partial charge in [0.25, 0.3) is 0 Å². The molecule has 0 aliphatic carbocycles. The van der Waals surface area contributed by atoms with E-state index in [0.29, 0.717) is 17.8 Å². The fraction of sp³-hybridized carbons (Fsp3) is 0.514. The van der Waals surface area contributed by atoms with Gasteiger partial charge in [-0.1, -0.05) is 44.2 Å². The lowest BCUT2D eigenvalue weighted by Crippen LogP contribution is -2.39. The second-order valence-electron chi connectivity index (χ2n) is 14.5. The summed E-state index contributed by atoms with van der Waals surface area (Å²) in [6.07, 6.45) is 1.68. The fourth-order valence-corrected chi connectivity index (χ4v) is 6.74. The highest BCUT2D eigenvalue weighted by molar-refractivity contribution is 5.88. The molecule has 0 amide bonds. The van der Waals surface area contributed by atoms with E-state index in [9.17, 15) is 18.7 Å². The van der Waals surface area contributed by atoms with Crippen LogP contribution in [-0.2, 0) is 29.0 Å². The highest BCUT2D eigenvalue weighted by Gasteiger charge is 2.36. The fourth-order valence-electron chi connectivity index (χ4n) is 6.74. The van der Waals surface area contributed by atoms with E-state index < -0.39 is 24.3 Å². The molecule has 2 aliphatic heterocycles. The maximum Gasteiger partial charge on any atom is 0.387 e. The zero-order valence-corrected chi connectivity index (χ0v) is 28.1. The Hall–Kier alpha value is -3.56. The van der Waals surface area contributed by atoms with Crippen molar-refractivity contribution in [3.8, 4) is 16.9 Å². The number of aromatic nitrogens is 1. The molecule has 2 aliphatic rings. The van der Waals surface area contributed by atoms with Gasteiger partial charge in [-0.15, -0.1) is 0 Å². The number of rotatable bonds is 9. The van der Waals surface area contributed by atoms with E-state index >= 15 is 0 Å². The summed E-state index contributed by atoms with van der Waals surface area (Å²) in [5, 5.41) is 10.5. The molecule has 9 heteroatoms. The number of carboxylic acid groups (broad SMARTS) is 1. The van der Waals surface area contributed by atoms with Crippen LogP contribution in [0.25, 0.3) is 11.1 Å². The quantitative estimate of drug-likeness (QED) is 0.255. The van der Waals surface area contributed by atoms with Crippen LogP contribution in [0.15, 0.2) is 42.5 Å². The zero-order valence-electron chi connectivity index (χ0n) is 28.1. The molecular formula is C37H47F2N3O4. The van der Waals surface area contributed by atoms with Gasteiger partial charge in [-0.2, -0.15) is 8.78 Å². The summed E-state index contributed by atoms with van der Waals surface area (Å²) in [5.41, 5.74) is 8.01. The third-order valence-corrected chi connectivity index (χ3v) is 9.09. The maximum absolute atomic E-state index is 12.8. The molecule has 0 saturated carbocycles. The molecule has 1 atom stereocenters. The number of piperidine rings is 1. The Labute approximate surface area is 271 Å². The van der Waals surface area contributed by atoms with E-state index in [0.717, 1.165) is 73.5 Å². The number of aryl methyl sites for hydroxylation is 2. The van der Waals surface area contributed by atoms with Crippen LogP contribution in [0, 0.1) is 19.3 Å². The van der Waals surface area contributed by atoms with Crippen molar-refractivity contribution in [3.63, 3.8) is 0 Å². The summed E-state index contributed by atoms with van der Waals surface area (Å²) >= 11 is 0. The van der Waals surface area contributed by atoms with Gasteiger partial charge in [-0.3, -0.25) is 9.88 Å². The summed E-state index contributed by atoms with van der Waals surface area (Å²) in [6.45, 7) is 15.1. The molecule has 1 N–H and O–H groups in total. The molecule has 0 spiro atoms. The van der Waals surface area contributed by atoms with Gasteiger partial charge in [0.05, 0.1) is 11.3 Å². The molecule has 1 saturated heterocycles. The zero-order chi connectivity index (χ0) is 33.4. The first-order valence-electron chi connectivity index (χ1n) is 16.2. The number of hydrogen-bond acceptors (Lipinski definition) is 6. The SMILES string of the molecule is Cc1nc(C)c(C(OC(C)(C)C)C(=O)O)c(N2CCC(C)(C)CC2)c1-c1ccc2c(c1)CCN(Cc1cccc(OC(F)F)c1)C2. The molecule has 3 aromatic rings. The Morgan fingerprint density at radius 2 is 1.74 bits per heavy atom. The molecular weight excluding hydrogens is 588 g/mol. The topological polar surface area (TPSA) is 75.1 Å². The van der Waals surface area contributed by atoms with E-state index in [1.54, 1.807) is 18.2 Å².